The van der Waals surface area contributed by atoms with Gasteiger partial charge in [0.25, 0.3) is 0 Å². The smallest absolute Gasteiger partial charge is 0.0178 e. The molecule has 2 aliphatic rings. The molecule has 0 amide bonds. The molecule has 1 aromatic carbocycles. The molecule has 0 bridgehead atoms. The van der Waals surface area contributed by atoms with Crippen molar-refractivity contribution in [3.05, 3.63) is 34.3 Å². The summed E-state index contributed by atoms with van der Waals surface area (Å²) < 4.78 is 1.21. The summed E-state index contributed by atoms with van der Waals surface area (Å²) in [5.74, 6) is 0.790. The number of hydrogen-bond acceptors (Lipinski definition) is 1. The van der Waals surface area contributed by atoms with Crippen LogP contribution in [-0.4, -0.2) is 12.6 Å². The quantitative estimate of drug-likeness (QED) is 0.876. The summed E-state index contributed by atoms with van der Waals surface area (Å²) in [6.07, 6.45) is 6.84. The summed E-state index contributed by atoms with van der Waals surface area (Å²) in [6.45, 7) is 3.60. The SMILES string of the molecule is CC1CCCC1(CNC1CC1)c1cccc(Br)c1. The van der Waals surface area contributed by atoms with Crippen LogP contribution in [0.4, 0.5) is 0 Å². The summed E-state index contributed by atoms with van der Waals surface area (Å²) in [6, 6.07) is 9.77. The zero-order chi connectivity index (χ0) is 12.6. The molecule has 0 saturated heterocycles. The fourth-order valence-electron chi connectivity index (χ4n) is 3.45. The first-order valence-electron chi connectivity index (χ1n) is 7.20. The third-order valence-electron chi connectivity index (χ3n) is 4.89. The number of hydrogen-bond donors (Lipinski definition) is 1. The van der Waals surface area contributed by atoms with Gasteiger partial charge in [-0.15, -0.1) is 0 Å². The van der Waals surface area contributed by atoms with Crippen LogP contribution in [-0.2, 0) is 5.41 Å². The Bertz CT molecular complexity index is 427. The topological polar surface area (TPSA) is 12.0 Å². The summed E-state index contributed by atoms with van der Waals surface area (Å²) in [5.41, 5.74) is 1.89. The van der Waals surface area contributed by atoms with Gasteiger partial charge in [0.15, 0.2) is 0 Å². The molecular formula is C16H22BrN. The Hall–Kier alpha value is -0.340. The standard InChI is InChI=1S/C16H22BrN/c1-12-4-3-9-16(12,11-18-15-7-8-15)13-5-2-6-14(17)10-13/h2,5-6,10,12,15,18H,3-4,7-9,11H2,1H3. The van der Waals surface area contributed by atoms with Gasteiger partial charge in [-0.25, -0.2) is 0 Å². The van der Waals surface area contributed by atoms with Gasteiger partial charge in [0, 0.05) is 22.5 Å². The Morgan fingerprint density at radius 3 is 2.78 bits per heavy atom. The average molecular weight is 308 g/mol. The maximum absolute atomic E-state index is 3.77. The lowest BCUT2D eigenvalue weighted by molar-refractivity contribution is 0.316. The van der Waals surface area contributed by atoms with Crippen molar-refractivity contribution in [3.8, 4) is 0 Å². The molecule has 1 nitrogen and oxygen atoms in total. The Labute approximate surface area is 118 Å². The summed E-state index contributed by atoms with van der Waals surface area (Å²) in [7, 11) is 0. The van der Waals surface area contributed by atoms with Crippen molar-refractivity contribution < 1.29 is 0 Å². The highest BCUT2D eigenvalue weighted by Crippen LogP contribution is 2.46. The van der Waals surface area contributed by atoms with Gasteiger partial charge in [0.05, 0.1) is 0 Å². The van der Waals surface area contributed by atoms with E-state index < -0.39 is 0 Å². The molecule has 0 aliphatic heterocycles. The predicted octanol–water partition coefficient (Wildman–Crippen LogP) is 4.26. The van der Waals surface area contributed by atoms with Gasteiger partial charge in [0.1, 0.15) is 0 Å². The molecule has 1 aromatic rings. The fraction of sp³-hybridized carbons (Fsp3) is 0.625. The monoisotopic (exact) mass is 307 g/mol. The zero-order valence-electron chi connectivity index (χ0n) is 11.1. The minimum Gasteiger partial charge on any atom is -0.313 e. The van der Waals surface area contributed by atoms with Crippen molar-refractivity contribution in [1.82, 2.24) is 5.32 Å². The van der Waals surface area contributed by atoms with Crippen LogP contribution in [0.5, 0.6) is 0 Å². The molecule has 2 fully saturated rings. The number of rotatable bonds is 4. The highest BCUT2D eigenvalue weighted by Gasteiger charge is 2.42. The predicted molar refractivity (Wildman–Crippen MR) is 79.9 cm³/mol. The van der Waals surface area contributed by atoms with Crippen molar-refractivity contribution in [2.45, 2.75) is 50.5 Å². The van der Waals surface area contributed by atoms with E-state index in [0.29, 0.717) is 5.41 Å². The van der Waals surface area contributed by atoms with E-state index >= 15 is 0 Å². The van der Waals surface area contributed by atoms with Crippen LogP contribution in [0.2, 0.25) is 0 Å². The second-order valence-electron chi connectivity index (χ2n) is 6.11. The van der Waals surface area contributed by atoms with Crippen LogP contribution in [0.3, 0.4) is 0 Å². The van der Waals surface area contributed by atoms with Crippen molar-refractivity contribution in [2.75, 3.05) is 6.54 Å². The summed E-state index contributed by atoms with van der Waals surface area (Å²) >= 11 is 3.63. The first-order chi connectivity index (χ1) is 8.71. The zero-order valence-corrected chi connectivity index (χ0v) is 12.7. The van der Waals surface area contributed by atoms with Gasteiger partial charge in [-0.3, -0.25) is 0 Å². The maximum atomic E-state index is 3.77. The first kappa shape index (κ1) is 12.7. The van der Waals surface area contributed by atoms with E-state index in [4.69, 9.17) is 0 Å². The molecule has 2 saturated carbocycles. The molecule has 18 heavy (non-hydrogen) atoms. The Balaban J connectivity index is 1.88. The molecule has 2 aliphatic carbocycles. The second-order valence-corrected chi connectivity index (χ2v) is 7.03. The first-order valence-corrected chi connectivity index (χ1v) is 7.99. The molecule has 0 radical (unpaired) electrons. The van der Waals surface area contributed by atoms with E-state index in [-0.39, 0.29) is 0 Å². The average Bonchev–Trinajstić information content (AvgIpc) is 3.11. The molecule has 2 unspecified atom stereocenters. The minimum absolute atomic E-state index is 0.367. The van der Waals surface area contributed by atoms with E-state index in [1.54, 1.807) is 0 Å². The summed E-state index contributed by atoms with van der Waals surface area (Å²) in [4.78, 5) is 0. The lowest BCUT2D eigenvalue weighted by Crippen LogP contribution is -2.41. The van der Waals surface area contributed by atoms with E-state index in [1.165, 1.54) is 42.1 Å². The van der Waals surface area contributed by atoms with Crippen molar-refractivity contribution in [3.63, 3.8) is 0 Å². The van der Waals surface area contributed by atoms with Crippen molar-refractivity contribution in [2.24, 2.45) is 5.92 Å². The lowest BCUT2D eigenvalue weighted by Gasteiger charge is -2.35. The van der Waals surface area contributed by atoms with Crippen LogP contribution in [0, 0.1) is 5.92 Å². The van der Waals surface area contributed by atoms with Crippen molar-refractivity contribution >= 4 is 15.9 Å². The molecule has 2 atom stereocenters. The van der Waals surface area contributed by atoms with Gasteiger partial charge < -0.3 is 5.32 Å². The van der Waals surface area contributed by atoms with Crippen LogP contribution in [0.25, 0.3) is 0 Å². The van der Waals surface area contributed by atoms with Crippen molar-refractivity contribution in [1.29, 1.82) is 0 Å². The highest BCUT2D eigenvalue weighted by atomic mass is 79.9. The normalized spacial score (nSPS) is 31.8. The third kappa shape index (κ3) is 2.37. The van der Waals surface area contributed by atoms with Crippen LogP contribution in [0.15, 0.2) is 28.7 Å². The van der Waals surface area contributed by atoms with Crippen LogP contribution >= 0.6 is 15.9 Å². The fourth-order valence-corrected chi connectivity index (χ4v) is 3.85. The Morgan fingerprint density at radius 1 is 1.33 bits per heavy atom. The molecular weight excluding hydrogens is 286 g/mol. The number of nitrogens with one attached hydrogen (secondary N) is 1. The van der Waals surface area contributed by atoms with Gasteiger partial charge in [-0.05, 0) is 49.3 Å². The van der Waals surface area contributed by atoms with E-state index in [9.17, 15) is 0 Å². The Kier molecular flexibility index (Phi) is 3.50. The van der Waals surface area contributed by atoms with E-state index in [0.717, 1.165) is 18.5 Å². The van der Waals surface area contributed by atoms with Gasteiger partial charge in [0.2, 0.25) is 0 Å². The number of halogens is 1. The molecule has 98 valence electrons. The summed E-state index contributed by atoms with van der Waals surface area (Å²) in [5, 5.41) is 3.77. The molecule has 0 heterocycles. The van der Waals surface area contributed by atoms with E-state index in [1.807, 2.05) is 0 Å². The number of benzene rings is 1. The molecule has 0 aromatic heterocycles. The molecule has 1 N–H and O–H groups in total. The second kappa shape index (κ2) is 4.97. The minimum atomic E-state index is 0.367. The van der Waals surface area contributed by atoms with Gasteiger partial charge in [-0.2, -0.15) is 0 Å². The van der Waals surface area contributed by atoms with Crippen LogP contribution < -0.4 is 5.32 Å². The third-order valence-corrected chi connectivity index (χ3v) is 5.38. The lowest BCUT2D eigenvalue weighted by atomic mass is 9.73. The largest absolute Gasteiger partial charge is 0.313 e. The van der Waals surface area contributed by atoms with E-state index in [2.05, 4.69) is 52.4 Å². The maximum Gasteiger partial charge on any atom is 0.0178 e. The van der Waals surface area contributed by atoms with Gasteiger partial charge >= 0.3 is 0 Å². The van der Waals surface area contributed by atoms with Crippen LogP contribution in [0.1, 0.15) is 44.6 Å². The molecule has 2 heteroatoms. The molecule has 3 rings (SSSR count). The highest BCUT2D eigenvalue weighted by molar-refractivity contribution is 9.10. The molecule has 0 spiro atoms. The van der Waals surface area contributed by atoms with Gasteiger partial charge in [-0.1, -0.05) is 41.4 Å². The Morgan fingerprint density at radius 2 is 2.17 bits per heavy atom.